The van der Waals surface area contributed by atoms with Gasteiger partial charge in [0.05, 0.1) is 37.0 Å². The number of hydrogen-bond donors (Lipinski definition) is 2. The van der Waals surface area contributed by atoms with Gasteiger partial charge in [0.1, 0.15) is 0 Å². The van der Waals surface area contributed by atoms with E-state index in [-0.39, 0.29) is 0 Å². The maximum atomic E-state index is 6.35. The molecule has 1 aromatic carbocycles. The Morgan fingerprint density at radius 3 is 2.92 bits per heavy atom. The van der Waals surface area contributed by atoms with Crippen molar-refractivity contribution in [1.82, 2.24) is 20.4 Å². The van der Waals surface area contributed by atoms with Crippen LogP contribution >= 0.6 is 11.6 Å². The molecular formula is C18H24ClN5O2. The molecule has 0 saturated carbocycles. The minimum atomic E-state index is 0.483. The number of ether oxygens (including phenoxy) is 2. The molecule has 1 aromatic heterocycles. The molecule has 7 nitrogen and oxygen atoms in total. The third-order valence-corrected chi connectivity index (χ3v) is 4.27. The zero-order chi connectivity index (χ0) is 18.4. The first kappa shape index (κ1) is 18.4. The summed E-state index contributed by atoms with van der Waals surface area (Å²) < 4.78 is 13.2. The minimum Gasteiger partial charge on any atom is -0.489 e. The second kappa shape index (κ2) is 8.80. The van der Waals surface area contributed by atoms with Crippen LogP contribution in [0, 0.1) is 0 Å². The number of halogens is 1. The molecule has 0 fully saturated rings. The van der Waals surface area contributed by atoms with E-state index >= 15 is 0 Å². The highest BCUT2D eigenvalue weighted by Gasteiger charge is 2.15. The first-order valence-electron chi connectivity index (χ1n) is 8.74. The van der Waals surface area contributed by atoms with Gasteiger partial charge in [-0.3, -0.25) is 4.68 Å². The lowest BCUT2D eigenvalue weighted by Crippen LogP contribution is -2.37. The molecule has 0 radical (unpaired) electrons. The van der Waals surface area contributed by atoms with Crippen LogP contribution in [0.15, 0.2) is 29.4 Å². The van der Waals surface area contributed by atoms with Crippen LogP contribution in [0.2, 0.25) is 5.02 Å². The number of rotatable bonds is 5. The van der Waals surface area contributed by atoms with Crippen molar-refractivity contribution in [3.8, 4) is 11.5 Å². The average Bonchev–Trinajstić information content (AvgIpc) is 2.89. The van der Waals surface area contributed by atoms with E-state index in [9.17, 15) is 0 Å². The van der Waals surface area contributed by atoms with Gasteiger partial charge in [0.15, 0.2) is 17.5 Å². The number of aryl methyl sites for hydroxylation is 1. The molecule has 2 N–H and O–H groups in total. The van der Waals surface area contributed by atoms with Crippen LogP contribution in [-0.2, 0) is 20.1 Å². The average molecular weight is 378 g/mol. The number of hydrogen-bond acceptors (Lipinski definition) is 4. The van der Waals surface area contributed by atoms with Gasteiger partial charge in [0.2, 0.25) is 0 Å². The summed E-state index contributed by atoms with van der Waals surface area (Å²) >= 11 is 6.35. The molecular weight excluding hydrogens is 354 g/mol. The van der Waals surface area contributed by atoms with E-state index in [2.05, 4.69) is 20.7 Å². The first-order valence-corrected chi connectivity index (χ1v) is 9.12. The van der Waals surface area contributed by atoms with Crippen molar-refractivity contribution in [2.24, 2.45) is 12.0 Å². The van der Waals surface area contributed by atoms with E-state index in [1.165, 1.54) is 0 Å². The zero-order valence-electron chi connectivity index (χ0n) is 15.1. The van der Waals surface area contributed by atoms with Gasteiger partial charge in [-0.25, -0.2) is 4.99 Å². The Bertz CT molecular complexity index is 775. The lowest BCUT2D eigenvalue weighted by Gasteiger charge is -2.13. The van der Waals surface area contributed by atoms with Gasteiger partial charge in [-0.2, -0.15) is 5.10 Å². The third-order valence-electron chi connectivity index (χ3n) is 3.99. The Hall–Kier alpha value is -2.41. The highest BCUT2D eigenvalue weighted by atomic mass is 35.5. The van der Waals surface area contributed by atoms with Crippen LogP contribution in [0.4, 0.5) is 0 Å². The standard InChI is InChI=1S/C18H24ClN5O2/c1-3-20-18(22-12-14-5-6-23-24(14)2)21-11-13-9-15(19)17-16(10-13)25-7-4-8-26-17/h5-6,9-10H,3-4,7-8,11-12H2,1-2H3,(H2,20,21,22). The molecule has 0 amide bonds. The van der Waals surface area contributed by atoms with Crippen molar-refractivity contribution in [3.63, 3.8) is 0 Å². The maximum Gasteiger partial charge on any atom is 0.191 e. The Balaban J connectivity index is 1.70. The highest BCUT2D eigenvalue weighted by Crippen LogP contribution is 2.38. The predicted octanol–water partition coefficient (Wildman–Crippen LogP) is 2.49. The lowest BCUT2D eigenvalue weighted by atomic mass is 10.2. The van der Waals surface area contributed by atoms with Crippen molar-refractivity contribution in [3.05, 3.63) is 40.7 Å². The van der Waals surface area contributed by atoms with Crippen LogP contribution < -0.4 is 20.1 Å². The Morgan fingerprint density at radius 1 is 1.31 bits per heavy atom. The summed E-state index contributed by atoms with van der Waals surface area (Å²) in [6, 6.07) is 5.80. The molecule has 0 saturated heterocycles. The molecule has 0 atom stereocenters. The van der Waals surface area contributed by atoms with Gasteiger partial charge in [0.25, 0.3) is 0 Å². The summed E-state index contributed by atoms with van der Waals surface area (Å²) in [7, 11) is 1.92. The largest absolute Gasteiger partial charge is 0.489 e. The fourth-order valence-corrected chi connectivity index (χ4v) is 2.92. The fourth-order valence-electron chi connectivity index (χ4n) is 2.64. The lowest BCUT2D eigenvalue weighted by molar-refractivity contribution is 0.297. The van der Waals surface area contributed by atoms with Gasteiger partial charge in [0, 0.05) is 26.2 Å². The SMILES string of the molecule is CCNC(=NCc1cc(Cl)c2c(c1)OCCCO2)NCc1ccnn1C. The molecule has 1 aliphatic rings. The number of nitrogens with zero attached hydrogens (tertiary/aromatic N) is 3. The molecule has 0 bridgehead atoms. The van der Waals surface area contributed by atoms with E-state index in [1.54, 1.807) is 6.20 Å². The second-order valence-electron chi connectivity index (χ2n) is 5.95. The van der Waals surface area contributed by atoms with Crippen molar-refractivity contribution in [1.29, 1.82) is 0 Å². The monoisotopic (exact) mass is 377 g/mol. The number of aromatic nitrogens is 2. The Kier molecular flexibility index (Phi) is 6.22. The summed E-state index contributed by atoms with van der Waals surface area (Å²) in [4.78, 5) is 4.64. The summed E-state index contributed by atoms with van der Waals surface area (Å²) in [5.74, 6) is 2.04. The first-order chi connectivity index (χ1) is 12.7. The molecule has 8 heteroatoms. The maximum absolute atomic E-state index is 6.35. The molecule has 26 heavy (non-hydrogen) atoms. The number of benzene rings is 1. The summed E-state index contributed by atoms with van der Waals surface area (Å²) in [5, 5.41) is 11.3. The molecule has 1 aliphatic heterocycles. The predicted molar refractivity (Wildman–Crippen MR) is 102 cm³/mol. The molecule has 0 aliphatic carbocycles. The van der Waals surface area contributed by atoms with E-state index < -0.39 is 0 Å². The van der Waals surface area contributed by atoms with E-state index in [0.717, 1.165) is 30.2 Å². The number of guanidine groups is 1. The van der Waals surface area contributed by atoms with Crippen LogP contribution in [-0.4, -0.2) is 35.5 Å². The topological polar surface area (TPSA) is 72.7 Å². The normalized spacial score (nSPS) is 14.0. The summed E-state index contributed by atoms with van der Waals surface area (Å²) in [6.07, 6.45) is 2.63. The van der Waals surface area contributed by atoms with Gasteiger partial charge in [-0.05, 0) is 30.7 Å². The van der Waals surface area contributed by atoms with Crippen molar-refractivity contribution in [2.75, 3.05) is 19.8 Å². The third kappa shape index (κ3) is 4.60. The minimum absolute atomic E-state index is 0.483. The van der Waals surface area contributed by atoms with Gasteiger partial charge in [-0.1, -0.05) is 11.6 Å². The quantitative estimate of drug-likeness (QED) is 0.618. The smallest absolute Gasteiger partial charge is 0.191 e. The second-order valence-corrected chi connectivity index (χ2v) is 6.36. The number of aliphatic imine (C=N–C) groups is 1. The molecule has 2 aromatic rings. The van der Waals surface area contributed by atoms with Gasteiger partial charge in [-0.15, -0.1) is 0 Å². The Morgan fingerprint density at radius 2 is 2.15 bits per heavy atom. The van der Waals surface area contributed by atoms with Gasteiger partial charge >= 0.3 is 0 Å². The Labute approximate surface area is 158 Å². The molecule has 0 unspecified atom stereocenters. The van der Waals surface area contributed by atoms with Crippen LogP contribution in [0.5, 0.6) is 11.5 Å². The molecule has 140 valence electrons. The van der Waals surface area contributed by atoms with Crippen LogP contribution in [0.3, 0.4) is 0 Å². The van der Waals surface area contributed by atoms with Crippen LogP contribution in [0.1, 0.15) is 24.6 Å². The van der Waals surface area contributed by atoms with E-state index in [1.807, 2.05) is 36.9 Å². The van der Waals surface area contributed by atoms with Crippen molar-refractivity contribution >= 4 is 17.6 Å². The van der Waals surface area contributed by atoms with Crippen molar-refractivity contribution in [2.45, 2.75) is 26.4 Å². The number of fused-ring (bicyclic) bond motifs is 1. The summed E-state index contributed by atoms with van der Waals surface area (Å²) in [6.45, 7) is 5.18. The van der Waals surface area contributed by atoms with Crippen LogP contribution in [0.25, 0.3) is 0 Å². The molecule has 0 spiro atoms. The van der Waals surface area contributed by atoms with Crippen molar-refractivity contribution < 1.29 is 9.47 Å². The number of nitrogens with one attached hydrogen (secondary N) is 2. The zero-order valence-corrected chi connectivity index (χ0v) is 15.8. The molecule has 3 rings (SSSR count). The van der Waals surface area contributed by atoms with E-state index in [0.29, 0.717) is 42.8 Å². The van der Waals surface area contributed by atoms with Gasteiger partial charge < -0.3 is 20.1 Å². The fraction of sp³-hybridized carbons (Fsp3) is 0.444. The summed E-state index contributed by atoms with van der Waals surface area (Å²) in [5.41, 5.74) is 2.05. The van der Waals surface area contributed by atoms with E-state index in [4.69, 9.17) is 21.1 Å². The highest BCUT2D eigenvalue weighted by molar-refractivity contribution is 6.32. The molecule has 2 heterocycles.